The first-order valence-electron chi connectivity index (χ1n) is 7.42. The van der Waals surface area contributed by atoms with Crippen molar-refractivity contribution < 1.29 is 14.3 Å². The molecule has 0 bridgehead atoms. The van der Waals surface area contributed by atoms with Crippen molar-refractivity contribution in [3.63, 3.8) is 0 Å². The summed E-state index contributed by atoms with van der Waals surface area (Å²) in [6, 6.07) is 5.12. The van der Waals surface area contributed by atoms with Crippen molar-refractivity contribution >= 4 is 6.09 Å². The highest BCUT2D eigenvalue weighted by atomic mass is 19.1. The number of amides is 1. The Balaban J connectivity index is 2.33. The van der Waals surface area contributed by atoms with E-state index in [1.165, 1.54) is 17.3 Å². The summed E-state index contributed by atoms with van der Waals surface area (Å²) in [5, 5.41) is 18.4. The first kappa shape index (κ1) is 17.5. The third-order valence-corrected chi connectivity index (χ3v) is 3.37. The first-order valence-corrected chi connectivity index (χ1v) is 7.42. The van der Waals surface area contributed by atoms with Gasteiger partial charge in [-0.1, -0.05) is 20.8 Å². The van der Waals surface area contributed by atoms with Crippen LogP contribution in [0.25, 0.3) is 11.3 Å². The number of aromatic amines is 1. The van der Waals surface area contributed by atoms with E-state index < -0.39 is 11.9 Å². The van der Waals surface area contributed by atoms with Gasteiger partial charge in [-0.15, -0.1) is 0 Å². The maximum atomic E-state index is 14.7. The van der Waals surface area contributed by atoms with E-state index >= 15 is 0 Å². The van der Waals surface area contributed by atoms with Crippen LogP contribution in [0.15, 0.2) is 24.5 Å². The van der Waals surface area contributed by atoms with E-state index in [4.69, 9.17) is 5.26 Å². The van der Waals surface area contributed by atoms with Crippen molar-refractivity contribution in [1.29, 1.82) is 5.26 Å². The molecule has 7 heteroatoms. The molecule has 0 radical (unpaired) electrons. The highest BCUT2D eigenvalue weighted by molar-refractivity contribution is 5.68. The number of carbonyl (C=O) groups is 1. The van der Waals surface area contributed by atoms with Gasteiger partial charge in [0.2, 0.25) is 0 Å². The lowest BCUT2D eigenvalue weighted by atomic mass is 9.96. The fourth-order valence-electron chi connectivity index (χ4n) is 2.42. The number of pyridine rings is 1. The van der Waals surface area contributed by atoms with Crippen LogP contribution in [-0.2, 0) is 6.54 Å². The van der Waals surface area contributed by atoms with Crippen LogP contribution >= 0.6 is 0 Å². The number of nitriles is 1. The molecule has 0 fully saturated rings. The van der Waals surface area contributed by atoms with Crippen molar-refractivity contribution in [2.24, 2.45) is 5.41 Å². The van der Waals surface area contributed by atoms with Gasteiger partial charge in [0, 0.05) is 30.1 Å². The van der Waals surface area contributed by atoms with Gasteiger partial charge in [0.15, 0.2) is 5.82 Å². The number of H-pyrrole nitrogens is 1. The summed E-state index contributed by atoms with van der Waals surface area (Å²) in [6.45, 7) is 5.94. The predicted octanol–water partition coefficient (Wildman–Crippen LogP) is 3.61. The van der Waals surface area contributed by atoms with Crippen molar-refractivity contribution in [2.45, 2.75) is 27.3 Å². The molecule has 2 heterocycles. The lowest BCUT2D eigenvalue weighted by Gasteiger charge is -2.27. The number of hydrogen-bond acceptors (Lipinski definition) is 3. The van der Waals surface area contributed by atoms with Crippen LogP contribution < -0.4 is 0 Å². The Hall–Kier alpha value is -2.88. The van der Waals surface area contributed by atoms with Crippen LogP contribution in [0.5, 0.6) is 0 Å². The summed E-state index contributed by atoms with van der Waals surface area (Å²) in [5.74, 6) is -0.570. The van der Waals surface area contributed by atoms with Crippen molar-refractivity contribution in [1.82, 2.24) is 14.9 Å². The Morgan fingerprint density at radius 3 is 2.79 bits per heavy atom. The minimum absolute atomic E-state index is 0.0723. The Morgan fingerprint density at radius 1 is 1.50 bits per heavy atom. The lowest BCUT2D eigenvalue weighted by Crippen LogP contribution is -2.36. The summed E-state index contributed by atoms with van der Waals surface area (Å²) in [7, 11) is 0. The van der Waals surface area contributed by atoms with Crippen LogP contribution in [0.3, 0.4) is 0 Å². The molecular formula is C17H19FN4O2. The molecule has 24 heavy (non-hydrogen) atoms. The topological polar surface area (TPSA) is 93.0 Å². The SMILES string of the molecule is CC(C)(C)CN(Cc1c[nH]c(-c2cccnc2C#N)c1F)C(=O)O. The number of nitrogens with one attached hydrogen (secondary N) is 1. The zero-order chi connectivity index (χ0) is 17.9. The summed E-state index contributed by atoms with van der Waals surface area (Å²) in [6.07, 6.45) is 1.78. The summed E-state index contributed by atoms with van der Waals surface area (Å²) in [4.78, 5) is 19.3. The largest absolute Gasteiger partial charge is 0.465 e. The molecule has 2 N–H and O–H groups in total. The van der Waals surface area contributed by atoms with Crippen molar-refractivity contribution in [2.75, 3.05) is 6.54 Å². The average Bonchev–Trinajstić information content (AvgIpc) is 2.86. The fourth-order valence-corrected chi connectivity index (χ4v) is 2.42. The zero-order valence-corrected chi connectivity index (χ0v) is 13.8. The number of hydrogen-bond donors (Lipinski definition) is 2. The van der Waals surface area contributed by atoms with Crippen LogP contribution in [-0.4, -0.2) is 32.6 Å². The monoisotopic (exact) mass is 330 g/mol. The van der Waals surface area contributed by atoms with Gasteiger partial charge >= 0.3 is 6.09 Å². The molecule has 2 aromatic rings. The van der Waals surface area contributed by atoms with Crippen molar-refractivity contribution in [3.8, 4) is 17.3 Å². The van der Waals surface area contributed by atoms with Crippen LogP contribution in [0.2, 0.25) is 0 Å². The Morgan fingerprint density at radius 2 is 2.21 bits per heavy atom. The molecule has 6 nitrogen and oxygen atoms in total. The van der Waals surface area contributed by atoms with Crippen LogP contribution in [0.4, 0.5) is 9.18 Å². The van der Waals surface area contributed by atoms with E-state index in [1.54, 1.807) is 12.1 Å². The number of carboxylic acid groups (broad SMARTS) is 1. The molecule has 0 aromatic carbocycles. The number of nitrogens with zero attached hydrogens (tertiary/aromatic N) is 3. The molecule has 1 amide bonds. The van der Waals surface area contributed by atoms with Crippen LogP contribution in [0, 0.1) is 22.6 Å². The molecule has 2 rings (SSSR count). The molecule has 0 atom stereocenters. The van der Waals surface area contributed by atoms with Crippen molar-refractivity contribution in [3.05, 3.63) is 41.6 Å². The molecule has 0 aliphatic rings. The Kier molecular flexibility index (Phi) is 4.88. The molecule has 0 aliphatic heterocycles. The second-order valence-corrected chi connectivity index (χ2v) is 6.71. The molecular weight excluding hydrogens is 311 g/mol. The number of rotatable bonds is 4. The maximum absolute atomic E-state index is 14.7. The summed E-state index contributed by atoms with van der Waals surface area (Å²) < 4.78 is 14.7. The summed E-state index contributed by atoms with van der Waals surface area (Å²) in [5.41, 5.74) is 0.571. The van der Waals surface area contributed by atoms with Gasteiger partial charge < -0.3 is 15.0 Å². The van der Waals surface area contributed by atoms with Gasteiger partial charge in [-0.25, -0.2) is 14.2 Å². The van der Waals surface area contributed by atoms with E-state index in [1.807, 2.05) is 26.8 Å². The fraction of sp³-hybridized carbons (Fsp3) is 0.353. The van der Waals surface area contributed by atoms with E-state index in [0.717, 1.165) is 0 Å². The van der Waals surface area contributed by atoms with Gasteiger partial charge in [-0.2, -0.15) is 5.26 Å². The minimum Gasteiger partial charge on any atom is -0.465 e. The third kappa shape index (κ3) is 3.90. The second kappa shape index (κ2) is 6.71. The molecule has 0 spiro atoms. The first-order chi connectivity index (χ1) is 11.2. The average molecular weight is 330 g/mol. The van der Waals surface area contributed by atoms with E-state index in [-0.39, 0.29) is 35.5 Å². The minimum atomic E-state index is -1.11. The smallest absolute Gasteiger partial charge is 0.407 e. The Bertz CT molecular complexity index is 787. The van der Waals surface area contributed by atoms with Gasteiger partial charge in [0.1, 0.15) is 11.8 Å². The standard InChI is InChI=1S/C17H19FN4O2/c1-17(2,3)10-22(16(23)24)9-11-8-21-15(14(11)18)12-5-4-6-20-13(12)7-19/h4-6,8,21H,9-10H2,1-3H3,(H,23,24). The number of aromatic nitrogens is 2. The quantitative estimate of drug-likeness (QED) is 0.895. The lowest BCUT2D eigenvalue weighted by molar-refractivity contribution is 0.122. The Labute approximate surface area is 139 Å². The molecule has 0 unspecified atom stereocenters. The molecule has 2 aromatic heterocycles. The van der Waals surface area contributed by atoms with Crippen LogP contribution in [0.1, 0.15) is 32.0 Å². The van der Waals surface area contributed by atoms with Gasteiger partial charge in [0.05, 0.1) is 12.2 Å². The van der Waals surface area contributed by atoms with E-state index in [2.05, 4.69) is 9.97 Å². The van der Waals surface area contributed by atoms with E-state index in [0.29, 0.717) is 5.56 Å². The zero-order valence-electron chi connectivity index (χ0n) is 13.8. The molecule has 0 saturated heterocycles. The molecule has 0 saturated carbocycles. The molecule has 0 aliphatic carbocycles. The maximum Gasteiger partial charge on any atom is 0.407 e. The highest BCUT2D eigenvalue weighted by Gasteiger charge is 2.24. The van der Waals surface area contributed by atoms with Gasteiger partial charge in [0.25, 0.3) is 0 Å². The normalized spacial score (nSPS) is 11.1. The summed E-state index contributed by atoms with van der Waals surface area (Å²) >= 11 is 0. The van der Waals surface area contributed by atoms with Gasteiger partial charge in [-0.05, 0) is 17.5 Å². The second-order valence-electron chi connectivity index (χ2n) is 6.71. The number of halogens is 1. The van der Waals surface area contributed by atoms with Gasteiger partial charge in [-0.3, -0.25) is 0 Å². The highest BCUT2D eigenvalue weighted by Crippen LogP contribution is 2.27. The van der Waals surface area contributed by atoms with E-state index in [9.17, 15) is 14.3 Å². The third-order valence-electron chi connectivity index (χ3n) is 3.37. The molecule has 126 valence electrons. The predicted molar refractivity (Wildman–Crippen MR) is 86.6 cm³/mol.